The molecule has 2 amide bonds. The molecule has 0 spiro atoms. The highest BCUT2D eigenvalue weighted by Gasteiger charge is 2.09. The Kier molecular flexibility index (Phi) is 6.96. The third-order valence-electron chi connectivity index (χ3n) is 4.05. The van der Waals surface area contributed by atoms with E-state index in [2.05, 4.69) is 20.8 Å². The molecule has 0 aliphatic heterocycles. The van der Waals surface area contributed by atoms with Gasteiger partial charge in [0.15, 0.2) is 5.16 Å². The second kappa shape index (κ2) is 9.83. The highest BCUT2D eigenvalue weighted by atomic mass is 32.2. The summed E-state index contributed by atoms with van der Waals surface area (Å²) >= 11 is 1.29. The number of amides is 2. The molecule has 3 rings (SSSR count). The van der Waals surface area contributed by atoms with Crippen LogP contribution < -0.4 is 10.6 Å². The van der Waals surface area contributed by atoms with Crippen LogP contribution in [0.1, 0.15) is 15.9 Å². The molecule has 0 saturated heterocycles. The maximum Gasteiger partial charge on any atom is 0.251 e. The average Bonchev–Trinajstić information content (AvgIpc) is 3.13. The van der Waals surface area contributed by atoms with Crippen molar-refractivity contribution in [2.75, 3.05) is 17.6 Å². The standard InChI is InChI=1S/C20H20FN5O2S/c1-26-13-23-25-20(26)29-12-18(27)24-17-8-4-15(5-9-17)19(28)22-11-10-14-2-6-16(21)7-3-14/h2-9,13H,10-12H2,1H3,(H,22,28)(H,24,27). The number of aryl methyl sites for hydroxylation is 1. The highest BCUT2D eigenvalue weighted by Crippen LogP contribution is 2.15. The molecular weight excluding hydrogens is 393 g/mol. The van der Waals surface area contributed by atoms with Gasteiger partial charge in [-0.3, -0.25) is 9.59 Å². The minimum Gasteiger partial charge on any atom is -0.352 e. The zero-order valence-corrected chi connectivity index (χ0v) is 16.6. The Morgan fingerprint density at radius 3 is 2.48 bits per heavy atom. The predicted octanol–water partition coefficient (Wildman–Crippen LogP) is 2.66. The van der Waals surface area contributed by atoms with Gasteiger partial charge >= 0.3 is 0 Å². The minimum absolute atomic E-state index is 0.172. The van der Waals surface area contributed by atoms with Crippen molar-refractivity contribution in [2.45, 2.75) is 11.6 Å². The quantitative estimate of drug-likeness (QED) is 0.554. The SMILES string of the molecule is Cn1cnnc1SCC(=O)Nc1ccc(C(=O)NCCc2ccc(F)cc2)cc1. The van der Waals surface area contributed by atoms with E-state index in [1.165, 1.54) is 23.9 Å². The summed E-state index contributed by atoms with van der Waals surface area (Å²) in [5.41, 5.74) is 2.05. The Hall–Kier alpha value is -3.20. The van der Waals surface area contributed by atoms with Crippen molar-refractivity contribution < 1.29 is 14.0 Å². The molecule has 0 fully saturated rings. The number of rotatable bonds is 8. The zero-order chi connectivity index (χ0) is 20.6. The zero-order valence-electron chi connectivity index (χ0n) is 15.8. The molecule has 0 unspecified atom stereocenters. The fourth-order valence-corrected chi connectivity index (χ4v) is 3.20. The van der Waals surface area contributed by atoms with Crippen molar-refractivity contribution >= 4 is 29.3 Å². The number of anilines is 1. The van der Waals surface area contributed by atoms with Crippen molar-refractivity contribution in [3.8, 4) is 0 Å². The fourth-order valence-electron chi connectivity index (χ4n) is 2.51. The van der Waals surface area contributed by atoms with E-state index in [-0.39, 0.29) is 23.4 Å². The molecule has 0 aliphatic carbocycles. The number of hydrogen-bond donors (Lipinski definition) is 2. The predicted molar refractivity (Wildman–Crippen MR) is 109 cm³/mol. The number of thioether (sulfide) groups is 1. The largest absolute Gasteiger partial charge is 0.352 e. The molecule has 9 heteroatoms. The first-order chi connectivity index (χ1) is 14.0. The third-order valence-corrected chi connectivity index (χ3v) is 5.08. The highest BCUT2D eigenvalue weighted by molar-refractivity contribution is 7.99. The normalized spacial score (nSPS) is 10.6. The lowest BCUT2D eigenvalue weighted by Gasteiger charge is -2.08. The van der Waals surface area contributed by atoms with Crippen molar-refractivity contribution in [3.05, 3.63) is 71.8 Å². The van der Waals surface area contributed by atoms with Gasteiger partial charge < -0.3 is 15.2 Å². The smallest absolute Gasteiger partial charge is 0.251 e. The summed E-state index contributed by atoms with van der Waals surface area (Å²) in [7, 11) is 1.81. The topological polar surface area (TPSA) is 88.9 Å². The summed E-state index contributed by atoms with van der Waals surface area (Å²) in [6.45, 7) is 0.447. The number of nitrogens with one attached hydrogen (secondary N) is 2. The monoisotopic (exact) mass is 413 g/mol. The number of carbonyl (C=O) groups is 2. The molecule has 29 heavy (non-hydrogen) atoms. The first kappa shape index (κ1) is 20.5. The van der Waals surface area contributed by atoms with Gasteiger partial charge in [-0.15, -0.1) is 10.2 Å². The van der Waals surface area contributed by atoms with Gasteiger partial charge in [-0.2, -0.15) is 0 Å². The molecular formula is C20H20FN5O2S. The molecule has 1 aromatic heterocycles. The molecule has 150 valence electrons. The summed E-state index contributed by atoms with van der Waals surface area (Å²) in [5, 5.41) is 13.9. The van der Waals surface area contributed by atoms with Crippen LogP contribution in [-0.2, 0) is 18.3 Å². The molecule has 7 nitrogen and oxygen atoms in total. The molecule has 1 heterocycles. The second-order valence-electron chi connectivity index (χ2n) is 6.27. The van der Waals surface area contributed by atoms with E-state index in [1.54, 1.807) is 47.3 Å². The lowest BCUT2D eigenvalue weighted by atomic mass is 10.1. The maximum atomic E-state index is 12.9. The van der Waals surface area contributed by atoms with Crippen LogP contribution in [0.3, 0.4) is 0 Å². The maximum absolute atomic E-state index is 12.9. The first-order valence-corrected chi connectivity index (χ1v) is 9.89. The van der Waals surface area contributed by atoms with E-state index >= 15 is 0 Å². The number of aromatic nitrogens is 3. The van der Waals surface area contributed by atoms with Crippen LogP contribution in [0.2, 0.25) is 0 Å². The molecule has 0 aliphatic rings. The number of nitrogens with zero attached hydrogens (tertiary/aromatic N) is 3. The Labute approximate surface area is 171 Å². The molecule has 2 N–H and O–H groups in total. The molecule has 0 saturated carbocycles. The Morgan fingerprint density at radius 1 is 1.10 bits per heavy atom. The average molecular weight is 413 g/mol. The number of benzene rings is 2. The van der Waals surface area contributed by atoms with Gasteiger partial charge in [0.1, 0.15) is 12.1 Å². The Bertz CT molecular complexity index is 973. The van der Waals surface area contributed by atoms with E-state index in [9.17, 15) is 14.0 Å². The van der Waals surface area contributed by atoms with E-state index in [1.807, 2.05) is 7.05 Å². The van der Waals surface area contributed by atoms with Gasteiger partial charge in [0.25, 0.3) is 5.91 Å². The van der Waals surface area contributed by atoms with Gasteiger partial charge in [0.05, 0.1) is 5.75 Å². The van der Waals surface area contributed by atoms with Crippen LogP contribution in [0, 0.1) is 5.82 Å². The van der Waals surface area contributed by atoms with Gasteiger partial charge in [-0.05, 0) is 48.4 Å². The van der Waals surface area contributed by atoms with Crippen LogP contribution in [0.5, 0.6) is 0 Å². The number of hydrogen-bond acceptors (Lipinski definition) is 5. The van der Waals surface area contributed by atoms with E-state index in [0.717, 1.165) is 5.56 Å². The van der Waals surface area contributed by atoms with E-state index in [0.29, 0.717) is 29.4 Å². The second-order valence-corrected chi connectivity index (χ2v) is 7.21. The molecule has 0 bridgehead atoms. The molecule has 0 atom stereocenters. The minimum atomic E-state index is -0.280. The van der Waals surface area contributed by atoms with Crippen LogP contribution in [0.4, 0.5) is 10.1 Å². The number of carbonyl (C=O) groups excluding carboxylic acids is 2. The summed E-state index contributed by atoms with van der Waals surface area (Å²) in [5.74, 6) is -0.451. The van der Waals surface area contributed by atoms with Gasteiger partial charge in [0.2, 0.25) is 5.91 Å². The van der Waals surface area contributed by atoms with Gasteiger partial charge in [-0.1, -0.05) is 23.9 Å². The van der Waals surface area contributed by atoms with Gasteiger partial charge in [-0.25, -0.2) is 4.39 Å². The van der Waals surface area contributed by atoms with Crippen molar-refractivity contribution in [1.29, 1.82) is 0 Å². The summed E-state index contributed by atoms with van der Waals surface area (Å²) in [6.07, 6.45) is 2.19. The Morgan fingerprint density at radius 2 is 1.83 bits per heavy atom. The van der Waals surface area contributed by atoms with Crippen LogP contribution in [0.25, 0.3) is 0 Å². The van der Waals surface area contributed by atoms with Crippen molar-refractivity contribution in [2.24, 2.45) is 7.05 Å². The van der Waals surface area contributed by atoms with Crippen LogP contribution >= 0.6 is 11.8 Å². The summed E-state index contributed by atoms with van der Waals surface area (Å²) in [6, 6.07) is 12.9. The van der Waals surface area contributed by atoms with Crippen LogP contribution in [0.15, 0.2) is 60.0 Å². The molecule has 3 aromatic rings. The summed E-state index contributed by atoms with van der Waals surface area (Å²) < 4.78 is 14.6. The van der Waals surface area contributed by atoms with Crippen LogP contribution in [-0.4, -0.2) is 38.9 Å². The van der Waals surface area contributed by atoms with Gasteiger partial charge in [0, 0.05) is 24.8 Å². The summed E-state index contributed by atoms with van der Waals surface area (Å²) in [4.78, 5) is 24.3. The number of halogens is 1. The van der Waals surface area contributed by atoms with Crippen molar-refractivity contribution in [3.63, 3.8) is 0 Å². The lowest BCUT2D eigenvalue weighted by Crippen LogP contribution is -2.25. The fraction of sp³-hybridized carbons (Fsp3) is 0.200. The van der Waals surface area contributed by atoms with Crippen molar-refractivity contribution in [1.82, 2.24) is 20.1 Å². The third kappa shape index (κ3) is 6.15. The molecule has 2 aromatic carbocycles. The Balaban J connectivity index is 1.43. The van der Waals surface area contributed by atoms with E-state index in [4.69, 9.17) is 0 Å². The molecule has 0 radical (unpaired) electrons. The van der Waals surface area contributed by atoms with E-state index < -0.39 is 0 Å². The first-order valence-electron chi connectivity index (χ1n) is 8.90. The lowest BCUT2D eigenvalue weighted by molar-refractivity contribution is -0.113.